The largest absolute Gasteiger partial charge is 0.506 e. The Morgan fingerprint density at radius 3 is 2.31 bits per heavy atom. The Balaban J connectivity index is 0.762. The first-order valence-electron chi connectivity index (χ1n) is 20.9. The van der Waals surface area contributed by atoms with Gasteiger partial charge in [0.05, 0.1) is 23.2 Å². The minimum Gasteiger partial charge on any atom is -0.506 e. The predicted octanol–water partition coefficient (Wildman–Crippen LogP) is 6.78. The highest BCUT2D eigenvalue weighted by Gasteiger charge is 2.37. The van der Waals surface area contributed by atoms with Gasteiger partial charge in [-0.05, 0) is 108 Å². The lowest BCUT2D eigenvalue weighted by Crippen LogP contribution is -2.52. The van der Waals surface area contributed by atoms with Gasteiger partial charge in [-0.2, -0.15) is 0 Å². The number of aromatic nitrogens is 1. The van der Waals surface area contributed by atoms with Crippen LogP contribution in [0.3, 0.4) is 0 Å². The average molecular weight is 839 g/mol. The Labute approximate surface area is 359 Å². The first-order valence-corrected chi connectivity index (χ1v) is 20.9. The highest BCUT2D eigenvalue weighted by atomic mass is 16.6. The molecule has 3 aliphatic rings. The Kier molecular flexibility index (Phi) is 13.4. The molecule has 0 radical (unpaired) electrons. The lowest BCUT2D eigenvalue weighted by atomic mass is 9.86. The van der Waals surface area contributed by atoms with Gasteiger partial charge in [-0.25, -0.2) is 9.59 Å². The Morgan fingerprint density at radius 2 is 1.55 bits per heavy atom. The minimum atomic E-state index is -0.863. The number of phenolic OH excluding ortho intramolecular Hbond substituents is 1. The molecular weight excluding hydrogens is 789 g/mol. The van der Waals surface area contributed by atoms with Crippen molar-refractivity contribution in [2.45, 2.75) is 44.2 Å². The maximum absolute atomic E-state index is 13.2. The number of pyridine rings is 1. The number of nitrogens with zero attached hydrogens (tertiary/aromatic N) is 1. The number of hydrogen-bond acceptors (Lipinski definition) is 11. The van der Waals surface area contributed by atoms with Gasteiger partial charge in [0.2, 0.25) is 5.56 Å². The van der Waals surface area contributed by atoms with Crippen LogP contribution in [0.4, 0.5) is 4.79 Å². The van der Waals surface area contributed by atoms with E-state index >= 15 is 0 Å². The number of esters is 1. The van der Waals surface area contributed by atoms with Crippen molar-refractivity contribution in [2.75, 3.05) is 39.4 Å². The highest BCUT2D eigenvalue weighted by Crippen LogP contribution is 2.32. The number of carbonyl (C=O) groups is 2. The van der Waals surface area contributed by atoms with Gasteiger partial charge in [-0.15, -0.1) is 0 Å². The fourth-order valence-corrected chi connectivity index (χ4v) is 8.12. The van der Waals surface area contributed by atoms with Gasteiger partial charge in [0, 0.05) is 31.1 Å². The molecule has 3 fully saturated rings. The number of aromatic hydroxyl groups is 1. The molecule has 5 aromatic carbocycles. The number of amides is 1. The van der Waals surface area contributed by atoms with Gasteiger partial charge < -0.3 is 44.8 Å². The number of alkyl carbamates (subject to hydrolysis) is 1. The van der Waals surface area contributed by atoms with Crippen LogP contribution in [0.25, 0.3) is 10.9 Å². The van der Waals surface area contributed by atoms with E-state index in [1.54, 1.807) is 24.3 Å². The lowest BCUT2D eigenvalue weighted by Gasteiger charge is -2.43. The molecule has 2 bridgehead atoms. The monoisotopic (exact) mass is 838 g/mol. The normalized spacial score (nSPS) is 17.8. The van der Waals surface area contributed by atoms with Crippen LogP contribution < -0.4 is 25.7 Å². The number of carbonyl (C=O) groups excluding carboxylic acids is 2. The summed E-state index contributed by atoms with van der Waals surface area (Å²) in [5, 5.41) is 27.8. The Hall–Kier alpha value is -6.67. The predicted molar refractivity (Wildman–Crippen MR) is 233 cm³/mol. The van der Waals surface area contributed by atoms with Crippen molar-refractivity contribution in [2.24, 2.45) is 5.92 Å². The molecule has 1 amide bonds. The number of nitrogens with one attached hydrogen (secondary N) is 3. The zero-order valence-electron chi connectivity index (χ0n) is 34.2. The number of rotatable bonds is 17. The number of ether oxygens (including phenoxy) is 4. The van der Waals surface area contributed by atoms with Gasteiger partial charge in [0.15, 0.2) is 0 Å². The minimum absolute atomic E-state index is 0.0570. The van der Waals surface area contributed by atoms with E-state index < -0.39 is 24.2 Å². The fraction of sp³-hybridized carbons (Fsp3) is 0.286. The number of aromatic amines is 1. The molecule has 3 saturated heterocycles. The molecule has 0 aliphatic carbocycles. The smallest absolute Gasteiger partial charge is 0.408 e. The number of aliphatic hydroxyl groups is 1. The van der Waals surface area contributed by atoms with Gasteiger partial charge in [-0.1, -0.05) is 72.8 Å². The first-order chi connectivity index (χ1) is 30.3. The highest BCUT2D eigenvalue weighted by molar-refractivity contribution is 5.89. The number of aliphatic hydroxyl groups excluding tert-OH is 1. The molecule has 3 aliphatic heterocycles. The van der Waals surface area contributed by atoms with Crippen LogP contribution in [0.5, 0.6) is 17.2 Å². The molecule has 9 rings (SSSR count). The number of fused-ring (bicyclic) bond motifs is 4. The third-order valence-corrected chi connectivity index (χ3v) is 11.5. The second kappa shape index (κ2) is 19.8. The molecule has 5 N–H and O–H groups in total. The van der Waals surface area contributed by atoms with E-state index in [4.69, 9.17) is 18.9 Å². The molecule has 4 heterocycles. The van der Waals surface area contributed by atoms with Crippen LogP contribution >= 0.6 is 0 Å². The number of piperidine rings is 3. The van der Waals surface area contributed by atoms with E-state index in [9.17, 15) is 24.6 Å². The molecule has 3 atom stereocenters. The summed E-state index contributed by atoms with van der Waals surface area (Å²) >= 11 is 0. The molecule has 0 spiro atoms. The fourth-order valence-electron chi connectivity index (χ4n) is 8.12. The number of H-pyrrole nitrogens is 1. The van der Waals surface area contributed by atoms with Crippen LogP contribution in [-0.2, 0) is 22.6 Å². The average Bonchev–Trinajstić information content (AvgIpc) is 3.30. The maximum Gasteiger partial charge on any atom is 0.408 e. The molecular formula is C49H50N4O9. The van der Waals surface area contributed by atoms with E-state index in [2.05, 4.69) is 20.5 Å². The first kappa shape index (κ1) is 42.0. The van der Waals surface area contributed by atoms with Crippen molar-refractivity contribution >= 4 is 23.0 Å². The second-order valence-electron chi connectivity index (χ2n) is 15.7. The van der Waals surface area contributed by atoms with Gasteiger partial charge in [-0.3, -0.25) is 9.69 Å². The van der Waals surface area contributed by atoms with Crippen LogP contribution in [0.1, 0.15) is 63.2 Å². The molecule has 6 aromatic rings. The SMILES string of the molecule is O=C(NC(c1ccccc1)c1cccc(OCc2ccc(C(=O)OCCOc3ccc(CNC[C@H](O)c4ccc(O)c5[nH]c(=O)ccc45)cc3)cc2)c1)O[C@H]1CN2CCC1CC2. The third-order valence-electron chi connectivity index (χ3n) is 11.5. The van der Waals surface area contributed by atoms with E-state index in [1.165, 1.54) is 12.1 Å². The van der Waals surface area contributed by atoms with E-state index in [0.29, 0.717) is 46.0 Å². The second-order valence-corrected chi connectivity index (χ2v) is 15.7. The van der Waals surface area contributed by atoms with Gasteiger partial charge in [0.25, 0.3) is 0 Å². The molecule has 13 heteroatoms. The zero-order chi connectivity index (χ0) is 42.8. The van der Waals surface area contributed by atoms with E-state index in [-0.39, 0.29) is 43.8 Å². The standard InChI is InChI=1S/C49H50N4O9/c54-42-19-17-40(41-18-20-45(56)51-47(41)42)43(55)29-50-28-32-11-15-38(16-12-32)59-25-26-60-48(57)36-13-9-33(10-14-36)31-61-39-8-4-7-37(27-39)46(35-5-2-1-3-6-35)52-49(58)62-44-30-53-23-21-34(44)22-24-53/h1-20,27,34,43-44,46,50,54-55H,21-26,28-31H2,(H,51,56)(H,52,58)/t43-,44-,46?/m0/s1. The summed E-state index contributed by atoms with van der Waals surface area (Å²) in [6.45, 7) is 4.20. The van der Waals surface area contributed by atoms with Crippen molar-refractivity contribution in [1.82, 2.24) is 20.5 Å². The summed E-state index contributed by atoms with van der Waals surface area (Å²) in [6.07, 6.45) is 0.745. The number of hydrogen-bond donors (Lipinski definition) is 5. The third kappa shape index (κ3) is 10.6. The van der Waals surface area contributed by atoms with Crippen molar-refractivity contribution in [1.29, 1.82) is 0 Å². The van der Waals surface area contributed by atoms with Crippen molar-refractivity contribution in [3.8, 4) is 17.2 Å². The van der Waals surface area contributed by atoms with Crippen LogP contribution in [0.15, 0.2) is 132 Å². The summed E-state index contributed by atoms with van der Waals surface area (Å²) in [5.74, 6) is 1.16. The number of benzene rings is 5. The van der Waals surface area contributed by atoms with Gasteiger partial charge >= 0.3 is 12.1 Å². The summed E-state index contributed by atoms with van der Waals surface area (Å²) in [7, 11) is 0. The van der Waals surface area contributed by atoms with Crippen LogP contribution in [-0.4, -0.2) is 77.7 Å². The van der Waals surface area contributed by atoms with Crippen LogP contribution in [0, 0.1) is 5.92 Å². The molecule has 1 aromatic heterocycles. The number of phenols is 1. The molecule has 62 heavy (non-hydrogen) atoms. The quantitative estimate of drug-likeness (QED) is 0.0485. The van der Waals surface area contributed by atoms with Crippen molar-refractivity contribution < 1.29 is 38.7 Å². The summed E-state index contributed by atoms with van der Waals surface area (Å²) in [5.41, 5.74) is 4.60. The molecule has 320 valence electrons. The summed E-state index contributed by atoms with van der Waals surface area (Å²) in [4.78, 5) is 42.7. The topological polar surface area (TPSA) is 172 Å². The molecule has 1 unspecified atom stereocenters. The van der Waals surface area contributed by atoms with E-state index in [0.717, 1.165) is 54.7 Å². The maximum atomic E-state index is 13.2. The Bertz CT molecular complexity index is 2510. The van der Waals surface area contributed by atoms with E-state index in [1.807, 2.05) is 91.0 Å². The van der Waals surface area contributed by atoms with Gasteiger partial charge in [0.1, 0.15) is 43.2 Å². The Morgan fingerprint density at radius 1 is 0.790 bits per heavy atom. The van der Waals surface area contributed by atoms with Crippen molar-refractivity contribution in [3.63, 3.8) is 0 Å². The lowest BCUT2D eigenvalue weighted by molar-refractivity contribution is -0.0336. The summed E-state index contributed by atoms with van der Waals surface area (Å²) < 4.78 is 23.4. The van der Waals surface area contributed by atoms with Crippen LogP contribution in [0.2, 0.25) is 0 Å². The molecule has 13 nitrogen and oxygen atoms in total. The summed E-state index contributed by atoms with van der Waals surface area (Å²) in [6, 6.07) is 37.6. The van der Waals surface area contributed by atoms with Crippen molar-refractivity contribution in [3.05, 3.63) is 171 Å². The molecule has 0 saturated carbocycles. The zero-order valence-corrected chi connectivity index (χ0v) is 34.2.